The van der Waals surface area contributed by atoms with Gasteiger partial charge in [-0.2, -0.15) is 0 Å². The maximum absolute atomic E-state index is 13.3. The molecule has 2 fully saturated rings. The van der Waals surface area contributed by atoms with Crippen LogP contribution in [-0.2, 0) is 9.53 Å². The molecule has 158 valence electrons. The van der Waals surface area contributed by atoms with Gasteiger partial charge in [-0.1, -0.05) is 39.3 Å². The van der Waals surface area contributed by atoms with E-state index in [1.807, 2.05) is 12.1 Å². The van der Waals surface area contributed by atoms with E-state index < -0.39 is 0 Å². The average Bonchev–Trinajstić information content (AvgIpc) is 2.62. The fourth-order valence-corrected chi connectivity index (χ4v) is 4.95. The van der Waals surface area contributed by atoms with Crippen LogP contribution >= 0.6 is 17.0 Å². The number of benzene rings is 1. The first-order valence-corrected chi connectivity index (χ1v) is 10.5. The van der Waals surface area contributed by atoms with Gasteiger partial charge in [0.15, 0.2) is 0 Å². The molecule has 1 aliphatic heterocycles. The number of hydrogen-bond acceptors (Lipinski definition) is 3. The summed E-state index contributed by atoms with van der Waals surface area (Å²) in [5.41, 5.74) is 1.05. The van der Waals surface area contributed by atoms with E-state index in [1.165, 1.54) is 18.6 Å². The topological polar surface area (TPSA) is 29.5 Å². The van der Waals surface area contributed by atoms with Crippen molar-refractivity contribution in [3.05, 3.63) is 35.6 Å². The molecule has 3 rings (SSSR count). The van der Waals surface area contributed by atoms with Crippen molar-refractivity contribution in [1.82, 2.24) is 4.90 Å². The SMILES string of the molecule is Br.CC(C)[C@@H]1CC[C@@H](C)CC1OC(=O)[C@@H]1CN(C)CC[C@H]1c1ccc(F)cc1. The van der Waals surface area contributed by atoms with Gasteiger partial charge in [0.2, 0.25) is 0 Å². The average molecular weight is 456 g/mol. The van der Waals surface area contributed by atoms with Crippen molar-refractivity contribution in [2.24, 2.45) is 23.7 Å². The first-order chi connectivity index (χ1) is 12.8. The fraction of sp³-hybridized carbons (Fsp3) is 0.696. The van der Waals surface area contributed by atoms with Gasteiger partial charge >= 0.3 is 5.97 Å². The lowest BCUT2D eigenvalue weighted by atomic mass is 9.75. The van der Waals surface area contributed by atoms with Crippen molar-refractivity contribution in [2.75, 3.05) is 20.1 Å². The molecule has 1 saturated heterocycles. The lowest BCUT2D eigenvalue weighted by molar-refractivity contribution is -0.163. The van der Waals surface area contributed by atoms with Gasteiger partial charge in [-0.05, 0) is 74.2 Å². The summed E-state index contributed by atoms with van der Waals surface area (Å²) in [5.74, 6) is 1.21. The molecule has 1 aromatic rings. The molecule has 0 spiro atoms. The van der Waals surface area contributed by atoms with Gasteiger partial charge in [-0.3, -0.25) is 4.79 Å². The minimum atomic E-state index is -0.234. The first-order valence-electron chi connectivity index (χ1n) is 10.5. The Morgan fingerprint density at radius 2 is 1.86 bits per heavy atom. The molecule has 0 aromatic heterocycles. The van der Waals surface area contributed by atoms with Gasteiger partial charge < -0.3 is 9.64 Å². The van der Waals surface area contributed by atoms with Gasteiger partial charge in [0.25, 0.3) is 0 Å². The number of hydrogen-bond donors (Lipinski definition) is 0. The minimum absolute atomic E-state index is 0. The van der Waals surface area contributed by atoms with Crippen molar-refractivity contribution >= 4 is 23.0 Å². The number of carbonyl (C=O) groups excluding carboxylic acids is 1. The van der Waals surface area contributed by atoms with Crippen molar-refractivity contribution in [3.8, 4) is 0 Å². The Kier molecular flexibility index (Phi) is 8.50. The molecule has 0 bridgehead atoms. The van der Waals surface area contributed by atoms with E-state index in [0.29, 0.717) is 24.3 Å². The molecule has 1 aromatic carbocycles. The van der Waals surface area contributed by atoms with Gasteiger partial charge in [0.05, 0.1) is 5.92 Å². The Bertz CT molecular complexity index is 636. The number of carbonyl (C=O) groups is 1. The molecule has 0 N–H and O–H groups in total. The minimum Gasteiger partial charge on any atom is -0.462 e. The molecule has 1 heterocycles. The number of nitrogens with zero attached hydrogens (tertiary/aromatic N) is 1. The predicted octanol–water partition coefficient (Wildman–Crippen LogP) is 5.44. The number of esters is 1. The maximum atomic E-state index is 13.3. The van der Waals surface area contributed by atoms with Gasteiger partial charge in [-0.25, -0.2) is 4.39 Å². The van der Waals surface area contributed by atoms with E-state index in [9.17, 15) is 9.18 Å². The zero-order chi connectivity index (χ0) is 19.6. The number of piperidine rings is 1. The fourth-order valence-electron chi connectivity index (χ4n) is 4.95. The van der Waals surface area contributed by atoms with E-state index in [0.717, 1.165) is 31.4 Å². The number of rotatable bonds is 4. The van der Waals surface area contributed by atoms with Crippen molar-refractivity contribution in [3.63, 3.8) is 0 Å². The second-order valence-electron chi connectivity index (χ2n) is 9.12. The Morgan fingerprint density at radius 1 is 1.18 bits per heavy atom. The maximum Gasteiger partial charge on any atom is 0.311 e. The highest BCUT2D eigenvalue weighted by Crippen LogP contribution is 2.38. The van der Waals surface area contributed by atoms with Crippen LogP contribution < -0.4 is 0 Å². The molecule has 1 aliphatic carbocycles. The van der Waals surface area contributed by atoms with Crippen LogP contribution in [0.15, 0.2) is 24.3 Å². The zero-order valence-electron chi connectivity index (χ0n) is 17.6. The zero-order valence-corrected chi connectivity index (χ0v) is 19.3. The molecular weight excluding hydrogens is 421 g/mol. The standard InChI is InChI=1S/C23H34FNO2.BrH/c1-15(2)19-10-5-16(3)13-22(19)27-23(26)21-14-25(4)12-11-20(21)17-6-8-18(24)9-7-17;/h6-9,15-16,19-22H,5,10-14H2,1-4H3;1H/t16-,19+,20+,21-,22?;/m1./s1. The second-order valence-corrected chi connectivity index (χ2v) is 9.12. The summed E-state index contributed by atoms with van der Waals surface area (Å²) in [4.78, 5) is 15.4. The molecule has 5 atom stereocenters. The van der Waals surface area contributed by atoms with E-state index in [1.54, 1.807) is 0 Å². The largest absolute Gasteiger partial charge is 0.462 e. The highest BCUT2D eigenvalue weighted by Gasteiger charge is 2.39. The number of likely N-dealkylation sites (tertiary alicyclic amines) is 1. The Balaban J connectivity index is 0.00000280. The van der Waals surface area contributed by atoms with Crippen molar-refractivity contribution < 1.29 is 13.9 Å². The molecule has 3 nitrogen and oxygen atoms in total. The van der Waals surface area contributed by atoms with Gasteiger partial charge in [0, 0.05) is 6.54 Å². The third-order valence-electron chi connectivity index (χ3n) is 6.65. The van der Waals surface area contributed by atoms with Crippen LogP contribution in [0.2, 0.25) is 0 Å². The molecule has 5 heteroatoms. The number of ether oxygens (including phenoxy) is 1. The second kappa shape index (κ2) is 10.2. The summed E-state index contributed by atoms with van der Waals surface area (Å²) >= 11 is 0. The molecule has 28 heavy (non-hydrogen) atoms. The Hall–Kier alpha value is -0.940. The van der Waals surface area contributed by atoms with Crippen LogP contribution in [0.4, 0.5) is 4.39 Å². The summed E-state index contributed by atoms with van der Waals surface area (Å²) in [5, 5.41) is 0. The summed E-state index contributed by atoms with van der Waals surface area (Å²) in [6.45, 7) is 8.37. The number of halogens is 2. The summed E-state index contributed by atoms with van der Waals surface area (Å²) < 4.78 is 19.5. The molecule has 1 unspecified atom stereocenters. The summed E-state index contributed by atoms with van der Waals surface area (Å²) in [6, 6.07) is 6.64. The molecule has 1 saturated carbocycles. The Morgan fingerprint density at radius 3 is 2.50 bits per heavy atom. The van der Waals surface area contributed by atoms with Gasteiger partial charge in [-0.15, -0.1) is 17.0 Å². The van der Waals surface area contributed by atoms with Crippen LogP contribution in [-0.4, -0.2) is 37.1 Å². The highest BCUT2D eigenvalue weighted by atomic mass is 79.9. The predicted molar refractivity (Wildman–Crippen MR) is 116 cm³/mol. The van der Waals surface area contributed by atoms with Crippen molar-refractivity contribution in [1.29, 1.82) is 0 Å². The molecule has 2 aliphatic rings. The monoisotopic (exact) mass is 455 g/mol. The van der Waals surface area contributed by atoms with E-state index in [-0.39, 0.29) is 46.7 Å². The highest BCUT2D eigenvalue weighted by molar-refractivity contribution is 8.93. The van der Waals surface area contributed by atoms with Crippen LogP contribution in [0.5, 0.6) is 0 Å². The van der Waals surface area contributed by atoms with E-state index in [2.05, 4.69) is 32.7 Å². The third kappa shape index (κ3) is 5.56. The smallest absolute Gasteiger partial charge is 0.311 e. The quantitative estimate of drug-likeness (QED) is 0.565. The van der Waals surface area contributed by atoms with Crippen LogP contribution in [0.1, 0.15) is 57.9 Å². The normalized spacial score (nSPS) is 31.3. The van der Waals surface area contributed by atoms with Gasteiger partial charge in [0.1, 0.15) is 11.9 Å². The molecular formula is C23H35BrFNO2. The van der Waals surface area contributed by atoms with Crippen LogP contribution in [0, 0.1) is 29.5 Å². The van der Waals surface area contributed by atoms with Crippen LogP contribution in [0.25, 0.3) is 0 Å². The van der Waals surface area contributed by atoms with E-state index >= 15 is 0 Å². The Labute approximate surface area is 179 Å². The molecule has 0 radical (unpaired) electrons. The van der Waals surface area contributed by atoms with Crippen LogP contribution in [0.3, 0.4) is 0 Å². The summed E-state index contributed by atoms with van der Waals surface area (Å²) in [7, 11) is 2.06. The van der Waals surface area contributed by atoms with Crippen molar-refractivity contribution in [2.45, 2.75) is 58.5 Å². The lowest BCUT2D eigenvalue weighted by Crippen LogP contribution is -2.44. The first kappa shape index (κ1) is 23.3. The van der Waals surface area contributed by atoms with E-state index in [4.69, 9.17) is 4.74 Å². The molecule has 0 amide bonds. The third-order valence-corrected chi connectivity index (χ3v) is 6.65. The summed E-state index contributed by atoms with van der Waals surface area (Å²) in [6.07, 6.45) is 4.27. The lowest BCUT2D eigenvalue weighted by Gasteiger charge is -2.40.